The number of fused-ring (bicyclic) bond motifs is 11. The maximum absolute atomic E-state index is 13.7. The van der Waals surface area contributed by atoms with Gasteiger partial charge >= 0.3 is 23.9 Å². The molecule has 0 aromatic carbocycles. The lowest BCUT2D eigenvalue weighted by molar-refractivity contribution is -0.149. The Morgan fingerprint density at radius 2 is 1.43 bits per heavy atom. The Kier molecular flexibility index (Phi) is 9.73. The Bertz CT molecular complexity index is 2360. The van der Waals surface area contributed by atoms with Gasteiger partial charge in [0, 0.05) is 40.5 Å². The molecule has 53 heavy (non-hydrogen) atoms. The van der Waals surface area contributed by atoms with Gasteiger partial charge in [0.25, 0.3) is 0 Å². The minimum atomic E-state index is -1.22. The molecule has 3 aromatic rings. The van der Waals surface area contributed by atoms with Crippen LogP contribution in [0.25, 0.3) is 38.8 Å². The van der Waals surface area contributed by atoms with E-state index in [0.29, 0.717) is 56.0 Å². The normalized spacial score (nSPS) is 18.5. The lowest BCUT2D eigenvalue weighted by atomic mass is 9.64. The van der Waals surface area contributed by atoms with E-state index in [1.807, 2.05) is 39.8 Å². The highest BCUT2D eigenvalue weighted by molar-refractivity contribution is 6.02. The smallest absolute Gasteiger partial charge is 0.334 e. The molecule has 8 bridgehead atoms. The van der Waals surface area contributed by atoms with Crippen molar-refractivity contribution in [2.75, 3.05) is 14.2 Å². The summed E-state index contributed by atoms with van der Waals surface area (Å²) in [4.78, 5) is 67.2. The Labute approximate surface area is 305 Å². The lowest BCUT2D eigenvalue weighted by Gasteiger charge is -2.36. The molecule has 1 aliphatic carbocycles. The van der Waals surface area contributed by atoms with Crippen LogP contribution >= 0.6 is 0 Å². The molecular formula is C40H42N4O9. The highest BCUT2D eigenvalue weighted by Crippen LogP contribution is 2.52. The third-order valence-corrected chi connectivity index (χ3v) is 10.7. The van der Waals surface area contributed by atoms with Gasteiger partial charge in [0.05, 0.1) is 54.1 Å². The predicted octanol–water partition coefficient (Wildman–Crippen LogP) is 6.04. The molecule has 3 aromatic heterocycles. The van der Waals surface area contributed by atoms with Crippen LogP contribution in [0.3, 0.4) is 0 Å². The van der Waals surface area contributed by atoms with Gasteiger partial charge in [0.1, 0.15) is 5.92 Å². The number of rotatable bonds is 9. The zero-order valence-corrected chi connectivity index (χ0v) is 30.6. The molecule has 0 saturated heterocycles. The summed E-state index contributed by atoms with van der Waals surface area (Å²) < 4.78 is 10.4. The fraction of sp³-hybridized carbons (Fsp3) is 0.350. The van der Waals surface area contributed by atoms with Gasteiger partial charge in [-0.2, -0.15) is 0 Å². The Balaban J connectivity index is 1.79. The van der Waals surface area contributed by atoms with Crippen LogP contribution in [0.5, 0.6) is 0 Å². The second kappa shape index (κ2) is 14.0. The van der Waals surface area contributed by atoms with Crippen LogP contribution in [-0.4, -0.2) is 73.4 Å². The number of nitrogens with zero attached hydrogens (tertiary/aromatic N) is 2. The van der Waals surface area contributed by atoms with E-state index in [1.165, 1.54) is 14.2 Å². The summed E-state index contributed by atoms with van der Waals surface area (Å²) in [6.07, 6.45) is 2.55. The number of carboxylic acids is 2. The van der Waals surface area contributed by atoms with Gasteiger partial charge in [-0.05, 0) is 105 Å². The van der Waals surface area contributed by atoms with E-state index in [-0.39, 0.29) is 31.3 Å². The van der Waals surface area contributed by atoms with Crippen molar-refractivity contribution in [2.45, 2.75) is 71.8 Å². The van der Waals surface area contributed by atoms with Gasteiger partial charge < -0.3 is 34.8 Å². The molecule has 276 valence electrons. The molecule has 0 spiro atoms. The number of aliphatic carboxylic acids is 2. The minimum absolute atomic E-state index is 0.102. The number of aliphatic hydroxyl groups excluding tert-OH is 1. The zero-order valence-electron chi connectivity index (χ0n) is 30.6. The van der Waals surface area contributed by atoms with Crippen LogP contribution < -0.4 is 0 Å². The number of allylic oxidation sites excluding steroid dienone is 5. The van der Waals surface area contributed by atoms with Crippen LogP contribution in [-0.2, 0) is 40.5 Å². The zero-order chi connectivity index (χ0) is 38.5. The van der Waals surface area contributed by atoms with E-state index in [1.54, 1.807) is 31.2 Å². The number of aliphatic hydroxyl groups is 1. The summed E-state index contributed by atoms with van der Waals surface area (Å²) >= 11 is 0. The third-order valence-electron chi connectivity index (χ3n) is 10.7. The summed E-state index contributed by atoms with van der Waals surface area (Å²) in [5, 5.41) is 30.2. The number of ether oxygens (including phenoxy) is 2. The number of H-pyrrole nitrogens is 2. The van der Waals surface area contributed by atoms with Gasteiger partial charge in [0.15, 0.2) is 0 Å². The first-order chi connectivity index (χ1) is 25.1. The van der Waals surface area contributed by atoms with Crippen molar-refractivity contribution >= 4 is 62.7 Å². The van der Waals surface area contributed by atoms with Gasteiger partial charge in [-0.1, -0.05) is 12.2 Å². The lowest BCUT2D eigenvalue weighted by Crippen LogP contribution is -2.42. The molecular weight excluding hydrogens is 680 g/mol. The van der Waals surface area contributed by atoms with Gasteiger partial charge in [-0.15, -0.1) is 0 Å². The van der Waals surface area contributed by atoms with E-state index in [0.717, 1.165) is 27.8 Å². The summed E-state index contributed by atoms with van der Waals surface area (Å²) in [7, 11) is 2.50. The third kappa shape index (κ3) is 6.35. The second-order valence-corrected chi connectivity index (χ2v) is 13.8. The molecule has 0 fully saturated rings. The molecule has 6 rings (SSSR count). The first-order valence-corrected chi connectivity index (χ1v) is 17.3. The number of carboxylic acid groups (broad SMARTS) is 2. The molecule has 5 heterocycles. The molecule has 2 aliphatic heterocycles. The van der Waals surface area contributed by atoms with Crippen LogP contribution in [0.4, 0.5) is 0 Å². The van der Waals surface area contributed by atoms with E-state index in [9.17, 15) is 34.5 Å². The number of hydrogen-bond acceptors (Lipinski definition) is 9. The van der Waals surface area contributed by atoms with Gasteiger partial charge in [-0.25, -0.2) is 9.78 Å². The Morgan fingerprint density at radius 1 is 0.811 bits per heavy atom. The first-order valence-electron chi connectivity index (χ1n) is 17.3. The maximum atomic E-state index is 13.7. The van der Waals surface area contributed by atoms with Gasteiger partial charge in [0.2, 0.25) is 0 Å². The topological polar surface area (TPSA) is 205 Å². The fourth-order valence-corrected chi connectivity index (χ4v) is 7.86. The SMILES string of the molecule is COC(=O)C1=CC=C2c3cc4[nH]c(cc5nc(cc6[nH]c(cc(n3)C2(C)C1C(=O)OC)c(C)c6CCC(=O)O)C(CCC(=O)O)=C5C)c(C(C)O)c4C. The monoisotopic (exact) mass is 722 g/mol. The number of esters is 2. The molecule has 0 amide bonds. The van der Waals surface area contributed by atoms with Crippen LogP contribution in [0.15, 0.2) is 42.0 Å². The number of hydrogen-bond donors (Lipinski definition) is 5. The molecule has 0 saturated carbocycles. The standard InChI is InChI=1S/C40H42N4O9/c1-18-22(9-12-34(46)47)29-16-30-23(10-13-35(48)49)19(2)28(42-30)17-33-40(5)25(11-8-24(38(50)52-6)37(40)39(51)53-7)31(44-33)14-27-20(3)36(21(4)45)32(43-27)15-26(18)41-29/h8,11,14-17,21,37,42-43,45H,9-10,12-13H2,1-7H3,(H,46,47)(H,48,49). The number of aromatic nitrogens is 4. The van der Waals surface area contributed by atoms with E-state index in [4.69, 9.17) is 19.4 Å². The van der Waals surface area contributed by atoms with Gasteiger partial charge in [-0.3, -0.25) is 19.4 Å². The van der Waals surface area contributed by atoms with E-state index in [2.05, 4.69) is 9.97 Å². The number of carbonyl (C=O) groups excluding carboxylic acids is 2. The summed E-state index contributed by atoms with van der Waals surface area (Å²) in [5.74, 6) is -4.41. The number of aromatic amines is 2. The van der Waals surface area contributed by atoms with Crippen molar-refractivity contribution in [1.82, 2.24) is 19.9 Å². The predicted molar refractivity (Wildman–Crippen MR) is 197 cm³/mol. The van der Waals surface area contributed by atoms with Crippen molar-refractivity contribution in [3.8, 4) is 0 Å². The van der Waals surface area contributed by atoms with Crippen LogP contribution in [0.2, 0.25) is 0 Å². The second-order valence-electron chi connectivity index (χ2n) is 13.8. The van der Waals surface area contributed by atoms with E-state index < -0.39 is 41.3 Å². The van der Waals surface area contributed by atoms with Crippen molar-refractivity contribution in [3.05, 3.63) is 87.0 Å². The fourth-order valence-electron chi connectivity index (χ4n) is 7.86. The first kappa shape index (κ1) is 37.0. The molecule has 13 nitrogen and oxygen atoms in total. The molecule has 3 aliphatic rings. The van der Waals surface area contributed by atoms with Crippen molar-refractivity contribution in [2.24, 2.45) is 5.92 Å². The minimum Gasteiger partial charge on any atom is -0.481 e. The number of methoxy groups -OCH3 is 2. The maximum Gasteiger partial charge on any atom is 0.334 e. The highest BCUT2D eigenvalue weighted by Gasteiger charge is 2.53. The highest BCUT2D eigenvalue weighted by atomic mass is 16.5. The largest absolute Gasteiger partial charge is 0.481 e. The Morgan fingerprint density at radius 3 is 2.08 bits per heavy atom. The molecule has 3 atom stereocenters. The van der Waals surface area contributed by atoms with Crippen LogP contribution in [0, 0.1) is 19.8 Å². The van der Waals surface area contributed by atoms with Crippen LogP contribution in [0.1, 0.15) is 91.2 Å². The quantitative estimate of drug-likeness (QED) is 0.161. The average molecular weight is 723 g/mol. The molecule has 5 N–H and O–H groups in total. The average Bonchev–Trinajstić information content (AvgIpc) is 3.76. The molecule has 3 unspecified atom stereocenters. The Hall–Kier alpha value is -5.82. The molecule has 13 heteroatoms. The van der Waals surface area contributed by atoms with Crippen molar-refractivity contribution in [1.29, 1.82) is 0 Å². The number of nitrogens with one attached hydrogen (secondary N) is 2. The van der Waals surface area contributed by atoms with Crippen molar-refractivity contribution < 1.29 is 44.0 Å². The summed E-state index contributed by atoms with van der Waals surface area (Å²) in [6.45, 7) is 9.12. The van der Waals surface area contributed by atoms with E-state index >= 15 is 0 Å². The summed E-state index contributed by atoms with van der Waals surface area (Å²) in [5.41, 5.74) is 8.39. The molecule has 0 radical (unpaired) electrons. The number of aryl methyl sites for hydroxylation is 3. The summed E-state index contributed by atoms with van der Waals surface area (Å²) in [6, 6.07) is 7.28. The number of carbonyl (C=O) groups is 4. The van der Waals surface area contributed by atoms with Crippen molar-refractivity contribution in [3.63, 3.8) is 0 Å².